The van der Waals surface area contributed by atoms with Gasteiger partial charge in [0.25, 0.3) is 0 Å². The second-order valence-electron chi connectivity index (χ2n) is 5.95. The van der Waals surface area contributed by atoms with Gasteiger partial charge >= 0.3 is 0 Å². The average Bonchev–Trinajstić information content (AvgIpc) is 2.69. The zero-order valence-corrected chi connectivity index (χ0v) is 11.3. The molecule has 4 nitrogen and oxygen atoms in total. The number of rotatable bonds is 5. The number of nitrogens with one attached hydrogen (secondary N) is 1. The van der Waals surface area contributed by atoms with Crippen molar-refractivity contribution in [1.82, 2.24) is 5.32 Å². The smallest absolute Gasteiger partial charge is 0.221 e. The molecule has 1 aliphatic heterocycles. The summed E-state index contributed by atoms with van der Waals surface area (Å²) in [5.41, 5.74) is 5.94. The molecule has 4 heteroatoms. The van der Waals surface area contributed by atoms with E-state index in [9.17, 15) is 4.79 Å². The van der Waals surface area contributed by atoms with E-state index in [-0.39, 0.29) is 17.4 Å². The molecule has 3 N–H and O–H groups in total. The third-order valence-electron chi connectivity index (χ3n) is 3.33. The van der Waals surface area contributed by atoms with Crippen molar-refractivity contribution in [3.05, 3.63) is 0 Å². The molecule has 0 radical (unpaired) electrons. The summed E-state index contributed by atoms with van der Waals surface area (Å²) < 4.78 is 5.49. The maximum Gasteiger partial charge on any atom is 0.221 e. The first kappa shape index (κ1) is 14.5. The molecule has 0 aliphatic carbocycles. The molecule has 1 amide bonds. The van der Waals surface area contributed by atoms with E-state index in [4.69, 9.17) is 10.5 Å². The van der Waals surface area contributed by atoms with Crippen molar-refractivity contribution in [2.24, 2.45) is 11.1 Å². The van der Waals surface area contributed by atoms with Gasteiger partial charge in [0.1, 0.15) is 0 Å². The van der Waals surface area contributed by atoms with Crippen molar-refractivity contribution in [1.29, 1.82) is 0 Å². The van der Waals surface area contributed by atoms with Gasteiger partial charge < -0.3 is 15.8 Å². The quantitative estimate of drug-likeness (QED) is 0.766. The van der Waals surface area contributed by atoms with Gasteiger partial charge in [0.15, 0.2) is 0 Å². The number of carbonyl (C=O) groups excluding carboxylic acids is 1. The van der Waals surface area contributed by atoms with E-state index in [2.05, 4.69) is 26.1 Å². The SMILES string of the molecule is CC(C)(C)C(N)CC(=O)NCCC1CCCO1. The van der Waals surface area contributed by atoms with Gasteiger partial charge in [-0.2, -0.15) is 0 Å². The molecule has 1 aliphatic rings. The van der Waals surface area contributed by atoms with Gasteiger partial charge in [0.2, 0.25) is 5.91 Å². The van der Waals surface area contributed by atoms with Crippen molar-refractivity contribution >= 4 is 5.91 Å². The average molecular weight is 242 g/mol. The lowest BCUT2D eigenvalue weighted by atomic mass is 9.85. The summed E-state index contributed by atoms with van der Waals surface area (Å²) in [6.45, 7) is 7.72. The Morgan fingerprint density at radius 2 is 2.24 bits per heavy atom. The molecule has 2 atom stereocenters. The summed E-state index contributed by atoms with van der Waals surface area (Å²) in [5.74, 6) is 0.0467. The molecule has 0 aromatic carbocycles. The maximum atomic E-state index is 11.6. The number of ether oxygens (including phenoxy) is 1. The Labute approximate surface area is 104 Å². The van der Waals surface area contributed by atoms with E-state index < -0.39 is 0 Å². The van der Waals surface area contributed by atoms with Crippen molar-refractivity contribution in [2.75, 3.05) is 13.2 Å². The minimum absolute atomic E-state index is 0.0219. The number of hydrogen-bond donors (Lipinski definition) is 2. The van der Waals surface area contributed by atoms with Gasteiger partial charge in [-0.1, -0.05) is 20.8 Å². The van der Waals surface area contributed by atoms with E-state index in [1.807, 2.05) is 0 Å². The third-order valence-corrected chi connectivity index (χ3v) is 3.33. The Morgan fingerprint density at radius 3 is 2.76 bits per heavy atom. The van der Waals surface area contributed by atoms with Gasteiger partial charge in [-0.15, -0.1) is 0 Å². The minimum Gasteiger partial charge on any atom is -0.378 e. The van der Waals surface area contributed by atoms with Crippen LogP contribution >= 0.6 is 0 Å². The molecule has 1 heterocycles. The van der Waals surface area contributed by atoms with Crippen LogP contribution in [0.2, 0.25) is 0 Å². The number of carbonyl (C=O) groups is 1. The van der Waals surface area contributed by atoms with Crippen LogP contribution in [0.1, 0.15) is 46.5 Å². The molecule has 0 aromatic heterocycles. The fourth-order valence-electron chi connectivity index (χ4n) is 1.82. The molecule has 0 bridgehead atoms. The maximum absolute atomic E-state index is 11.6. The largest absolute Gasteiger partial charge is 0.378 e. The Morgan fingerprint density at radius 1 is 1.53 bits per heavy atom. The Kier molecular flexibility index (Phi) is 5.40. The second-order valence-corrected chi connectivity index (χ2v) is 5.95. The van der Waals surface area contributed by atoms with E-state index in [1.54, 1.807) is 0 Å². The van der Waals surface area contributed by atoms with Crippen LogP contribution < -0.4 is 11.1 Å². The molecular formula is C13H26N2O2. The van der Waals surface area contributed by atoms with Crippen molar-refractivity contribution in [3.8, 4) is 0 Å². The molecule has 0 spiro atoms. The predicted octanol–water partition coefficient (Wildman–Crippen LogP) is 1.44. The molecule has 1 fully saturated rings. The van der Waals surface area contributed by atoms with Crippen LogP contribution in [0, 0.1) is 5.41 Å². The van der Waals surface area contributed by atoms with Crippen molar-refractivity contribution in [2.45, 2.75) is 58.6 Å². The highest BCUT2D eigenvalue weighted by Gasteiger charge is 2.23. The van der Waals surface area contributed by atoms with E-state index in [1.165, 1.54) is 0 Å². The zero-order valence-electron chi connectivity index (χ0n) is 11.3. The molecule has 2 unspecified atom stereocenters. The summed E-state index contributed by atoms with van der Waals surface area (Å²) in [4.78, 5) is 11.6. The molecule has 100 valence electrons. The molecule has 0 aromatic rings. The third kappa shape index (κ3) is 5.50. The van der Waals surface area contributed by atoms with Crippen LogP contribution in [0.5, 0.6) is 0 Å². The fraction of sp³-hybridized carbons (Fsp3) is 0.923. The first-order valence-electron chi connectivity index (χ1n) is 6.53. The molecule has 17 heavy (non-hydrogen) atoms. The number of amides is 1. The van der Waals surface area contributed by atoms with Crippen LogP contribution in [-0.2, 0) is 9.53 Å². The Hall–Kier alpha value is -0.610. The Balaban J connectivity index is 2.12. The van der Waals surface area contributed by atoms with Gasteiger partial charge in [0, 0.05) is 25.6 Å². The van der Waals surface area contributed by atoms with Crippen LogP contribution in [0.3, 0.4) is 0 Å². The summed E-state index contributed by atoms with van der Waals surface area (Å²) in [6, 6.07) is -0.0924. The van der Waals surface area contributed by atoms with E-state index in [0.29, 0.717) is 19.1 Å². The number of nitrogens with two attached hydrogens (primary N) is 1. The summed E-state index contributed by atoms with van der Waals surface area (Å²) in [7, 11) is 0. The van der Waals surface area contributed by atoms with Gasteiger partial charge in [-0.25, -0.2) is 0 Å². The topological polar surface area (TPSA) is 64.4 Å². The molecule has 1 rings (SSSR count). The van der Waals surface area contributed by atoms with Gasteiger partial charge in [-0.3, -0.25) is 4.79 Å². The predicted molar refractivity (Wildman–Crippen MR) is 68.6 cm³/mol. The summed E-state index contributed by atoms with van der Waals surface area (Å²) in [6.07, 6.45) is 3.92. The fourth-order valence-corrected chi connectivity index (χ4v) is 1.82. The highest BCUT2D eigenvalue weighted by molar-refractivity contribution is 5.76. The molecule has 1 saturated heterocycles. The van der Waals surface area contributed by atoms with Crippen LogP contribution in [-0.4, -0.2) is 31.2 Å². The van der Waals surface area contributed by atoms with Crippen molar-refractivity contribution < 1.29 is 9.53 Å². The lowest BCUT2D eigenvalue weighted by Crippen LogP contribution is -2.40. The first-order valence-corrected chi connectivity index (χ1v) is 6.53. The Bertz CT molecular complexity index is 242. The van der Waals surface area contributed by atoms with Crippen LogP contribution in [0.4, 0.5) is 0 Å². The highest BCUT2D eigenvalue weighted by Crippen LogP contribution is 2.19. The van der Waals surface area contributed by atoms with Crippen LogP contribution in [0.15, 0.2) is 0 Å². The summed E-state index contributed by atoms with van der Waals surface area (Å²) in [5, 5.41) is 2.91. The monoisotopic (exact) mass is 242 g/mol. The summed E-state index contributed by atoms with van der Waals surface area (Å²) >= 11 is 0. The number of hydrogen-bond acceptors (Lipinski definition) is 3. The highest BCUT2D eigenvalue weighted by atomic mass is 16.5. The zero-order chi connectivity index (χ0) is 12.9. The minimum atomic E-state index is -0.0924. The van der Waals surface area contributed by atoms with Crippen LogP contribution in [0.25, 0.3) is 0 Å². The van der Waals surface area contributed by atoms with Crippen molar-refractivity contribution in [3.63, 3.8) is 0 Å². The lowest BCUT2D eigenvalue weighted by Gasteiger charge is -2.26. The van der Waals surface area contributed by atoms with E-state index >= 15 is 0 Å². The molecule has 0 saturated carbocycles. The molecular weight excluding hydrogens is 216 g/mol. The first-order chi connectivity index (χ1) is 7.89. The lowest BCUT2D eigenvalue weighted by molar-refractivity contribution is -0.122. The van der Waals surface area contributed by atoms with E-state index in [0.717, 1.165) is 25.9 Å². The van der Waals surface area contributed by atoms with Gasteiger partial charge in [0.05, 0.1) is 6.10 Å². The normalized spacial score (nSPS) is 22.5. The standard InChI is InChI=1S/C13H26N2O2/c1-13(2,3)11(14)9-12(16)15-7-6-10-5-4-8-17-10/h10-11H,4-9,14H2,1-3H3,(H,15,16). The van der Waals surface area contributed by atoms with Gasteiger partial charge in [-0.05, 0) is 24.7 Å². The second kappa shape index (κ2) is 6.36.